The molecule has 0 bridgehead atoms. The van der Waals surface area contributed by atoms with Gasteiger partial charge in [-0.05, 0) is 41.4 Å². The molecule has 4 rings (SSSR count). The van der Waals surface area contributed by atoms with E-state index in [1.807, 2.05) is 30.3 Å². The minimum Gasteiger partial charge on any atom is -0.483 e. The van der Waals surface area contributed by atoms with Crippen LogP contribution >= 0.6 is 0 Å². The number of aromatic amines is 1. The molecule has 0 radical (unpaired) electrons. The number of rotatable bonds is 8. The molecule has 3 aromatic carbocycles. The highest BCUT2D eigenvalue weighted by Gasteiger charge is 2.10. The van der Waals surface area contributed by atoms with Crippen LogP contribution < -0.4 is 15.8 Å². The number of hydrogen-bond acceptors (Lipinski definition) is 3. The molecule has 0 aliphatic rings. The molecule has 0 spiro atoms. The largest absolute Gasteiger partial charge is 0.483 e. The van der Waals surface area contributed by atoms with E-state index in [9.17, 15) is 4.79 Å². The highest BCUT2D eigenvalue weighted by molar-refractivity contribution is 5.88. The fourth-order valence-corrected chi connectivity index (χ4v) is 3.56. The molecule has 0 atom stereocenters. The SMILES string of the molecule is NC(=O)COc1ccc2ccccc2c1CNCCc1c[nH]c2ccccc12. The van der Waals surface area contributed by atoms with Crippen molar-refractivity contribution < 1.29 is 9.53 Å². The number of para-hydroxylation sites is 1. The molecule has 0 fully saturated rings. The zero-order chi connectivity index (χ0) is 19.3. The van der Waals surface area contributed by atoms with E-state index in [2.05, 4.69) is 46.8 Å². The minimum atomic E-state index is -0.480. The van der Waals surface area contributed by atoms with Crippen LogP contribution in [-0.4, -0.2) is 24.0 Å². The first-order valence-corrected chi connectivity index (χ1v) is 9.40. The Morgan fingerprint density at radius 3 is 2.64 bits per heavy atom. The van der Waals surface area contributed by atoms with Gasteiger partial charge in [0.25, 0.3) is 5.91 Å². The Hall–Kier alpha value is -3.31. The van der Waals surface area contributed by atoms with Crippen LogP contribution in [0.25, 0.3) is 21.7 Å². The third-order valence-electron chi connectivity index (χ3n) is 4.92. The molecule has 28 heavy (non-hydrogen) atoms. The van der Waals surface area contributed by atoms with Crippen LogP contribution in [0, 0.1) is 0 Å². The maximum Gasteiger partial charge on any atom is 0.255 e. The van der Waals surface area contributed by atoms with Crippen molar-refractivity contribution in [3.05, 3.63) is 78.0 Å². The zero-order valence-corrected chi connectivity index (χ0v) is 15.6. The summed E-state index contributed by atoms with van der Waals surface area (Å²) >= 11 is 0. The Bertz CT molecular complexity index is 1120. The number of H-pyrrole nitrogens is 1. The number of amides is 1. The van der Waals surface area contributed by atoms with Crippen molar-refractivity contribution in [2.45, 2.75) is 13.0 Å². The van der Waals surface area contributed by atoms with Gasteiger partial charge in [-0.15, -0.1) is 0 Å². The zero-order valence-electron chi connectivity index (χ0n) is 15.6. The maximum atomic E-state index is 11.1. The fourth-order valence-electron chi connectivity index (χ4n) is 3.56. The average molecular weight is 373 g/mol. The molecule has 0 unspecified atom stereocenters. The smallest absolute Gasteiger partial charge is 0.255 e. The molecular formula is C23H23N3O2. The monoisotopic (exact) mass is 373 g/mol. The maximum absolute atomic E-state index is 11.1. The van der Waals surface area contributed by atoms with E-state index in [1.165, 1.54) is 10.9 Å². The van der Waals surface area contributed by atoms with E-state index in [0.717, 1.165) is 34.8 Å². The lowest BCUT2D eigenvalue weighted by atomic mass is 10.0. The van der Waals surface area contributed by atoms with Gasteiger partial charge in [0.1, 0.15) is 5.75 Å². The number of fused-ring (bicyclic) bond motifs is 2. The van der Waals surface area contributed by atoms with Gasteiger partial charge >= 0.3 is 0 Å². The van der Waals surface area contributed by atoms with Crippen molar-refractivity contribution in [2.75, 3.05) is 13.2 Å². The highest BCUT2D eigenvalue weighted by Crippen LogP contribution is 2.28. The van der Waals surface area contributed by atoms with Crippen molar-refractivity contribution in [1.82, 2.24) is 10.3 Å². The van der Waals surface area contributed by atoms with Crippen molar-refractivity contribution >= 4 is 27.6 Å². The van der Waals surface area contributed by atoms with E-state index < -0.39 is 5.91 Å². The molecule has 4 N–H and O–H groups in total. The van der Waals surface area contributed by atoms with Gasteiger partial charge in [-0.2, -0.15) is 0 Å². The second kappa shape index (κ2) is 8.15. The Kier molecular flexibility index (Phi) is 5.26. The second-order valence-corrected chi connectivity index (χ2v) is 6.80. The van der Waals surface area contributed by atoms with E-state index in [-0.39, 0.29) is 6.61 Å². The quantitative estimate of drug-likeness (QED) is 0.414. The molecule has 0 saturated heterocycles. The molecule has 1 amide bonds. The molecule has 0 saturated carbocycles. The van der Waals surface area contributed by atoms with Gasteiger partial charge in [-0.3, -0.25) is 4.79 Å². The van der Waals surface area contributed by atoms with Crippen molar-refractivity contribution in [3.63, 3.8) is 0 Å². The molecule has 4 aromatic rings. The standard InChI is InChI=1S/C23H23N3O2/c24-23(27)15-28-22-10-9-16-5-1-2-6-18(16)20(22)14-25-12-11-17-13-26-21-8-4-3-7-19(17)21/h1-10,13,25-26H,11-12,14-15H2,(H2,24,27). The van der Waals surface area contributed by atoms with Crippen LogP contribution in [0.3, 0.4) is 0 Å². The number of carbonyl (C=O) groups excluding carboxylic acids is 1. The predicted molar refractivity (Wildman–Crippen MR) is 112 cm³/mol. The van der Waals surface area contributed by atoms with Gasteiger partial charge in [0.05, 0.1) is 0 Å². The van der Waals surface area contributed by atoms with Crippen LogP contribution in [-0.2, 0) is 17.8 Å². The van der Waals surface area contributed by atoms with Gasteiger partial charge in [-0.25, -0.2) is 0 Å². The molecule has 1 aromatic heterocycles. The first-order valence-electron chi connectivity index (χ1n) is 9.40. The number of primary amides is 1. The molecule has 0 aliphatic carbocycles. The average Bonchev–Trinajstić information content (AvgIpc) is 3.13. The van der Waals surface area contributed by atoms with Gasteiger partial charge in [0, 0.05) is 29.2 Å². The number of benzene rings is 3. The lowest BCUT2D eigenvalue weighted by Crippen LogP contribution is -2.22. The fraction of sp³-hybridized carbons (Fsp3) is 0.174. The summed E-state index contributed by atoms with van der Waals surface area (Å²) in [5.74, 6) is 0.212. The summed E-state index contributed by atoms with van der Waals surface area (Å²) in [6.07, 6.45) is 3.00. The summed E-state index contributed by atoms with van der Waals surface area (Å²) in [4.78, 5) is 14.4. The Morgan fingerprint density at radius 2 is 1.79 bits per heavy atom. The van der Waals surface area contributed by atoms with E-state index in [4.69, 9.17) is 10.5 Å². The van der Waals surface area contributed by atoms with Crippen molar-refractivity contribution in [2.24, 2.45) is 5.73 Å². The third-order valence-corrected chi connectivity index (χ3v) is 4.92. The van der Waals surface area contributed by atoms with Crippen LogP contribution in [0.5, 0.6) is 5.75 Å². The number of hydrogen-bond donors (Lipinski definition) is 3. The highest BCUT2D eigenvalue weighted by atomic mass is 16.5. The summed E-state index contributed by atoms with van der Waals surface area (Å²) in [7, 11) is 0. The van der Waals surface area contributed by atoms with Gasteiger partial charge in [0.2, 0.25) is 0 Å². The Labute approximate surface area is 163 Å². The van der Waals surface area contributed by atoms with Gasteiger partial charge < -0.3 is 20.8 Å². The van der Waals surface area contributed by atoms with Crippen molar-refractivity contribution in [1.29, 1.82) is 0 Å². The molecule has 142 valence electrons. The van der Waals surface area contributed by atoms with Crippen LogP contribution in [0.4, 0.5) is 0 Å². The summed E-state index contributed by atoms with van der Waals surface area (Å²) in [5.41, 5.74) is 8.74. The molecular weight excluding hydrogens is 350 g/mol. The summed E-state index contributed by atoms with van der Waals surface area (Å²) in [5, 5.41) is 7.03. The second-order valence-electron chi connectivity index (χ2n) is 6.80. The molecule has 1 heterocycles. The lowest BCUT2D eigenvalue weighted by molar-refractivity contribution is -0.119. The summed E-state index contributed by atoms with van der Waals surface area (Å²) < 4.78 is 5.65. The molecule has 5 heteroatoms. The number of nitrogens with one attached hydrogen (secondary N) is 2. The predicted octanol–water partition coefficient (Wildman–Crippen LogP) is 3.52. The van der Waals surface area contributed by atoms with Crippen LogP contribution in [0.15, 0.2) is 66.9 Å². The minimum absolute atomic E-state index is 0.124. The summed E-state index contributed by atoms with van der Waals surface area (Å²) in [6, 6.07) is 20.4. The third kappa shape index (κ3) is 3.85. The van der Waals surface area contributed by atoms with Gasteiger partial charge in [-0.1, -0.05) is 48.5 Å². The van der Waals surface area contributed by atoms with Gasteiger partial charge in [0.15, 0.2) is 6.61 Å². The molecule has 5 nitrogen and oxygen atoms in total. The van der Waals surface area contributed by atoms with Crippen LogP contribution in [0.2, 0.25) is 0 Å². The van der Waals surface area contributed by atoms with E-state index in [1.54, 1.807) is 0 Å². The first kappa shape index (κ1) is 18.1. The van der Waals surface area contributed by atoms with E-state index in [0.29, 0.717) is 12.3 Å². The number of nitrogens with two attached hydrogens (primary N) is 1. The first-order chi connectivity index (χ1) is 13.7. The van der Waals surface area contributed by atoms with Crippen molar-refractivity contribution in [3.8, 4) is 5.75 Å². The topological polar surface area (TPSA) is 80.1 Å². The van der Waals surface area contributed by atoms with Crippen LogP contribution in [0.1, 0.15) is 11.1 Å². The number of carbonyl (C=O) groups is 1. The van der Waals surface area contributed by atoms with E-state index >= 15 is 0 Å². The number of aromatic nitrogens is 1. The molecule has 0 aliphatic heterocycles. The summed E-state index contributed by atoms with van der Waals surface area (Å²) in [6.45, 7) is 1.36. The normalized spacial score (nSPS) is 11.1. The number of ether oxygens (including phenoxy) is 1. The Morgan fingerprint density at radius 1 is 1.00 bits per heavy atom. The lowest BCUT2D eigenvalue weighted by Gasteiger charge is -2.14. The Balaban J connectivity index is 1.48.